The molecule has 38 heavy (non-hydrogen) atoms. The summed E-state index contributed by atoms with van der Waals surface area (Å²) in [5.74, 6) is 0.327. The van der Waals surface area contributed by atoms with Gasteiger partial charge in [-0.05, 0) is 54.2 Å². The lowest BCUT2D eigenvalue weighted by Gasteiger charge is -2.21. The molecule has 3 aromatic rings. The Morgan fingerprint density at radius 2 is 1.79 bits per heavy atom. The van der Waals surface area contributed by atoms with E-state index in [-0.39, 0.29) is 34.5 Å². The van der Waals surface area contributed by atoms with Crippen molar-refractivity contribution in [2.24, 2.45) is 5.92 Å². The molecule has 12 heteroatoms. The molecule has 0 aliphatic heterocycles. The van der Waals surface area contributed by atoms with E-state index in [0.717, 1.165) is 18.4 Å². The van der Waals surface area contributed by atoms with Crippen LogP contribution in [0, 0.1) is 5.92 Å². The molecule has 1 aliphatic rings. The number of nitrogens with one attached hydrogen (secondary N) is 1. The molecule has 1 aliphatic carbocycles. The summed E-state index contributed by atoms with van der Waals surface area (Å²) in [5, 5.41) is 12.7. The fraction of sp³-hybridized carbons (Fsp3) is 0.308. The highest BCUT2D eigenvalue weighted by Crippen LogP contribution is 2.37. The smallest absolute Gasteiger partial charge is 0.408 e. The van der Waals surface area contributed by atoms with Crippen molar-refractivity contribution in [3.05, 3.63) is 81.6 Å². The lowest BCUT2D eigenvalue weighted by molar-refractivity contribution is -0.904. The minimum Gasteiger partial charge on any atom is -0.489 e. The first kappa shape index (κ1) is 27.5. The van der Waals surface area contributed by atoms with Crippen molar-refractivity contribution in [1.29, 1.82) is 0 Å². The summed E-state index contributed by atoms with van der Waals surface area (Å²) in [7, 11) is 0. The lowest BCUT2D eigenvalue weighted by atomic mass is 10.0. The van der Waals surface area contributed by atoms with Gasteiger partial charge in [-0.25, -0.2) is 4.79 Å². The maximum absolute atomic E-state index is 13.0. The molecule has 202 valence electrons. The number of rotatable bonds is 11. The number of halogens is 4. The van der Waals surface area contributed by atoms with E-state index in [4.69, 9.17) is 38.4 Å². The fourth-order valence-corrected chi connectivity index (χ4v) is 4.26. The van der Waals surface area contributed by atoms with E-state index in [1.54, 1.807) is 24.3 Å². The molecule has 1 amide bonds. The van der Waals surface area contributed by atoms with Crippen LogP contribution in [0.15, 0.2) is 54.9 Å². The van der Waals surface area contributed by atoms with E-state index in [0.29, 0.717) is 34.1 Å². The second kappa shape index (κ2) is 12.4. The van der Waals surface area contributed by atoms with Crippen molar-refractivity contribution in [3.63, 3.8) is 0 Å². The number of carbonyl (C=O) groups is 1. The number of carbonyl (C=O) groups excluding carboxylic acids is 1. The van der Waals surface area contributed by atoms with E-state index >= 15 is 0 Å². The van der Waals surface area contributed by atoms with Gasteiger partial charge in [0.05, 0.1) is 6.61 Å². The Kier molecular flexibility index (Phi) is 8.96. The molecule has 1 fully saturated rings. The van der Waals surface area contributed by atoms with Crippen molar-refractivity contribution >= 4 is 35.0 Å². The Morgan fingerprint density at radius 1 is 1.11 bits per heavy atom. The number of aromatic nitrogens is 1. The fourth-order valence-electron chi connectivity index (χ4n) is 3.65. The predicted molar refractivity (Wildman–Crippen MR) is 136 cm³/mol. The summed E-state index contributed by atoms with van der Waals surface area (Å²) >= 11 is 12.6. The molecule has 1 heterocycles. The van der Waals surface area contributed by atoms with Crippen molar-refractivity contribution in [1.82, 2.24) is 5.32 Å². The van der Waals surface area contributed by atoms with Gasteiger partial charge in [0.15, 0.2) is 11.5 Å². The molecule has 1 atom stereocenters. The SMILES string of the molecule is Nc1ccc(CNC(=O)O[C@@H](Cc2c(Cl)c[n+](O)cc2Cl)c2ccc(OC(F)F)c(OCC3CC3)c2)cc1. The highest BCUT2D eigenvalue weighted by atomic mass is 35.5. The number of alkyl carbamates (subject to hydrolysis) is 1. The first-order valence-corrected chi connectivity index (χ1v) is 12.5. The first-order chi connectivity index (χ1) is 18.2. The quantitative estimate of drug-likeness (QED) is 0.155. The highest BCUT2D eigenvalue weighted by molar-refractivity contribution is 6.35. The van der Waals surface area contributed by atoms with Gasteiger partial charge in [-0.2, -0.15) is 8.78 Å². The van der Waals surface area contributed by atoms with E-state index < -0.39 is 18.8 Å². The van der Waals surface area contributed by atoms with Gasteiger partial charge < -0.3 is 25.3 Å². The number of nitrogens with zero attached hydrogens (tertiary/aromatic N) is 1. The Hall–Kier alpha value is -3.50. The van der Waals surface area contributed by atoms with Gasteiger partial charge in [0.2, 0.25) is 12.4 Å². The number of hydrogen-bond donors (Lipinski definition) is 3. The van der Waals surface area contributed by atoms with Crippen LogP contribution in [-0.2, 0) is 17.7 Å². The third-order valence-electron chi connectivity index (χ3n) is 5.85. The van der Waals surface area contributed by atoms with Crippen molar-refractivity contribution in [2.45, 2.75) is 38.5 Å². The van der Waals surface area contributed by atoms with E-state index in [1.807, 2.05) is 0 Å². The van der Waals surface area contributed by atoms with Crippen LogP contribution < -0.4 is 25.3 Å². The summed E-state index contributed by atoms with van der Waals surface area (Å²) in [5.41, 5.74) is 7.94. The molecule has 0 radical (unpaired) electrons. The number of nitrogens with two attached hydrogens (primary N) is 1. The standard InChI is InChI=1S/C26H25Cl2F2N3O5/c27-20-12-33(35)13-21(28)19(20)10-23(38-26(34)32-11-15-3-6-18(31)7-4-15)17-5-8-22(37-25(29)30)24(9-17)36-14-16-1-2-16/h3-9,12-13,16,23,25H,1-2,10-11,14,31H2,(H-,32,34,35)/p+1/t23-/m0/s1. The van der Waals surface area contributed by atoms with Gasteiger partial charge in [-0.15, -0.1) is 0 Å². The highest BCUT2D eigenvalue weighted by Gasteiger charge is 2.26. The van der Waals surface area contributed by atoms with Gasteiger partial charge >= 0.3 is 12.7 Å². The molecular formula is C26H26Cl2F2N3O5+. The van der Waals surface area contributed by atoms with Crippen molar-refractivity contribution < 1.29 is 37.7 Å². The number of benzene rings is 2. The van der Waals surface area contributed by atoms with Crippen LogP contribution in [0.25, 0.3) is 0 Å². The van der Waals surface area contributed by atoms with E-state index in [2.05, 4.69) is 10.1 Å². The predicted octanol–water partition coefficient (Wildman–Crippen LogP) is 5.70. The van der Waals surface area contributed by atoms with E-state index in [9.17, 15) is 18.8 Å². The molecule has 2 aromatic carbocycles. The van der Waals surface area contributed by atoms with Crippen LogP contribution in [0.3, 0.4) is 0 Å². The van der Waals surface area contributed by atoms with Gasteiger partial charge in [0.1, 0.15) is 16.1 Å². The average Bonchev–Trinajstić information content (AvgIpc) is 3.69. The third kappa shape index (κ3) is 7.75. The summed E-state index contributed by atoms with van der Waals surface area (Å²) in [4.78, 5) is 12.8. The van der Waals surface area contributed by atoms with Crippen molar-refractivity contribution in [3.8, 4) is 11.5 Å². The van der Waals surface area contributed by atoms with Crippen LogP contribution in [0.2, 0.25) is 10.0 Å². The normalized spacial score (nSPS) is 13.7. The largest absolute Gasteiger partial charge is 0.489 e. The molecule has 0 spiro atoms. The molecule has 0 unspecified atom stereocenters. The number of pyridine rings is 1. The minimum atomic E-state index is -3.04. The summed E-state index contributed by atoms with van der Waals surface area (Å²) < 4.78 is 42.8. The number of ether oxygens (including phenoxy) is 3. The van der Waals surface area contributed by atoms with Crippen LogP contribution in [0.4, 0.5) is 19.3 Å². The Morgan fingerprint density at radius 3 is 2.42 bits per heavy atom. The van der Waals surface area contributed by atoms with Gasteiger partial charge in [-0.1, -0.05) is 41.4 Å². The maximum Gasteiger partial charge on any atom is 0.408 e. The van der Waals surface area contributed by atoms with Crippen LogP contribution in [-0.4, -0.2) is 24.5 Å². The second-order valence-corrected chi connectivity index (χ2v) is 9.66. The van der Waals surface area contributed by atoms with Crippen LogP contribution >= 0.6 is 23.2 Å². The molecule has 0 bridgehead atoms. The Bertz CT molecular complexity index is 1250. The monoisotopic (exact) mass is 568 g/mol. The van der Waals surface area contributed by atoms with Crippen LogP contribution in [0.5, 0.6) is 11.5 Å². The van der Waals surface area contributed by atoms with Crippen LogP contribution in [0.1, 0.15) is 35.6 Å². The maximum atomic E-state index is 13.0. The Labute approximate surface area is 227 Å². The zero-order valence-electron chi connectivity index (χ0n) is 20.1. The van der Waals surface area contributed by atoms with Gasteiger partial charge in [0, 0.05) is 28.9 Å². The minimum absolute atomic E-state index is 0.0188. The molecule has 4 rings (SSSR count). The second-order valence-electron chi connectivity index (χ2n) is 8.84. The zero-order valence-corrected chi connectivity index (χ0v) is 21.6. The molecule has 1 aromatic heterocycles. The van der Waals surface area contributed by atoms with Crippen molar-refractivity contribution in [2.75, 3.05) is 12.3 Å². The van der Waals surface area contributed by atoms with Gasteiger partial charge in [-0.3, -0.25) is 5.21 Å². The summed E-state index contributed by atoms with van der Waals surface area (Å²) in [6.45, 7) is -2.51. The summed E-state index contributed by atoms with van der Waals surface area (Å²) in [6.07, 6.45) is 2.82. The first-order valence-electron chi connectivity index (χ1n) is 11.8. The third-order valence-corrected chi connectivity index (χ3v) is 6.50. The zero-order chi connectivity index (χ0) is 27.2. The molecule has 0 saturated heterocycles. The average molecular weight is 569 g/mol. The number of alkyl halides is 2. The molecular weight excluding hydrogens is 543 g/mol. The van der Waals surface area contributed by atoms with E-state index in [1.165, 1.54) is 30.6 Å². The number of nitrogen functional groups attached to an aromatic ring is 1. The molecule has 1 saturated carbocycles. The van der Waals surface area contributed by atoms with Gasteiger partial charge in [0.25, 0.3) is 0 Å². The number of amides is 1. The summed E-state index contributed by atoms with van der Waals surface area (Å²) in [6, 6.07) is 11.3. The Balaban J connectivity index is 1.59. The number of anilines is 1. The number of hydrogen-bond acceptors (Lipinski definition) is 6. The lowest BCUT2D eigenvalue weighted by Crippen LogP contribution is -2.30. The molecule has 8 nitrogen and oxygen atoms in total. The molecule has 4 N–H and O–H groups in total. The topological polar surface area (TPSA) is 107 Å².